The summed E-state index contributed by atoms with van der Waals surface area (Å²) in [7, 11) is 1.66. The van der Waals surface area contributed by atoms with Gasteiger partial charge in [0.2, 0.25) is 5.91 Å². The van der Waals surface area contributed by atoms with Gasteiger partial charge in [0.15, 0.2) is 0 Å². The minimum Gasteiger partial charge on any atom is -0.497 e. The molecular weight excluding hydrogens is 244 g/mol. The minimum absolute atomic E-state index is 0.141. The van der Waals surface area contributed by atoms with Crippen LogP contribution in [0, 0.1) is 0 Å². The number of nitrogens with zero attached hydrogens (tertiary/aromatic N) is 2. The number of benzene rings is 1. The number of carbonyl (C=O) groups excluding carboxylic acids is 1. The zero-order valence-electron chi connectivity index (χ0n) is 11.1. The predicted octanol–water partition coefficient (Wildman–Crippen LogP) is -0.193. The highest BCUT2D eigenvalue weighted by molar-refractivity contribution is 5.77. The van der Waals surface area contributed by atoms with E-state index in [9.17, 15) is 4.79 Å². The van der Waals surface area contributed by atoms with Gasteiger partial charge in [0.1, 0.15) is 5.75 Å². The number of rotatable bonds is 4. The minimum atomic E-state index is -0.141. The first-order valence-corrected chi connectivity index (χ1v) is 6.33. The Bertz CT molecular complexity index is 413. The zero-order chi connectivity index (χ0) is 13.7. The van der Waals surface area contributed by atoms with Gasteiger partial charge in [-0.3, -0.25) is 15.1 Å². The Morgan fingerprint density at radius 1 is 1.26 bits per heavy atom. The van der Waals surface area contributed by atoms with Gasteiger partial charge in [-0.05, 0) is 24.3 Å². The number of anilines is 1. The summed E-state index contributed by atoms with van der Waals surface area (Å²) in [6, 6.07) is 8.04. The van der Waals surface area contributed by atoms with Crippen LogP contribution in [-0.4, -0.2) is 50.6 Å². The fraction of sp³-hybridized carbons (Fsp3) is 0.462. The Kier molecular flexibility index (Phi) is 4.59. The maximum absolute atomic E-state index is 11.2. The van der Waals surface area contributed by atoms with Crippen molar-refractivity contribution in [1.29, 1.82) is 0 Å². The molecule has 0 unspecified atom stereocenters. The van der Waals surface area contributed by atoms with Gasteiger partial charge in [-0.2, -0.15) is 0 Å². The zero-order valence-corrected chi connectivity index (χ0v) is 11.1. The lowest BCUT2D eigenvalue weighted by Crippen LogP contribution is -2.50. The number of amides is 1. The number of hydrogen-bond donors (Lipinski definition) is 2. The van der Waals surface area contributed by atoms with E-state index in [4.69, 9.17) is 10.6 Å². The van der Waals surface area contributed by atoms with Crippen LogP contribution in [0.4, 0.5) is 5.69 Å². The molecule has 1 fully saturated rings. The summed E-state index contributed by atoms with van der Waals surface area (Å²) in [5.41, 5.74) is 3.34. The molecule has 1 saturated heterocycles. The summed E-state index contributed by atoms with van der Waals surface area (Å²) < 4.78 is 5.15. The van der Waals surface area contributed by atoms with Crippen LogP contribution in [0.25, 0.3) is 0 Å². The van der Waals surface area contributed by atoms with Crippen LogP contribution in [-0.2, 0) is 4.79 Å². The van der Waals surface area contributed by atoms with E-state index in [0.717, 1.165) is 31.9 Å². The van der Waals surface area contributed by atoms with E-state index in [2.05, 4.69) is 27.4 Å². The average molecular weight is 264 g/mol. The van der Waals surface area contributed by atoms with Crippen molar-refractivity contribution in [3.63, 3.8) is 0 Å². The second-order valence-corrected chi connectivity index (χ2v) is 4.53. The molecule has 3 N–H and O–H groups in total. The van der Waals surface area contributed by atoms with E-state index in [1.807, 2.05) is 12.1 Å². The number of hydrogen-bond acceptors (Lipinski definition) is 5. The summed E-state index contributed by atoms with van der Waals surface area (Å²) in [5, 5.41) is 0. The third kappa shape index (κ3) is 3.59. The molecule has 6 nitrogen and oxygen atoms in total. The Balaban J connectivity index is 1.86. The normalized spacial score (nSPS) is 16.2. The SMILES string of the molecule is COc1ccc(N2CCN(CC(=O)NN)CC2)cc1. The van der Waals surface area contributed by atoms with Gasteiger partial charge in [0, 0.05) is 31.9 Å². The number of hydrazine groups is 1. The lowest BCUT2D eigenvalue weighted by atomic mass is 10.2. The molecule has 0 aliphatic carbocycles. The molecule has 0 saturated carbocycles. The summed E-state index contributed by atoms with van der Waals surface area (Å²) in [6.07, 6.45) is 0. The molecule has 1 aliphatic heterocycles. The van der Waals surface area contributed by atoms with Gasteiger partial charge in [-0.25, -0.2) is 5.84 Å². The smallest absolute Gasteiger partial charge is 0.248 e. The van der Waals surface area contributed by atoms with Crippen LogP contribution in [0.15, 0.2) is 24.3 Å². The average Bonchev–Trinajstić information content (AvgIpc) is 2.48. The van der Waals surface area contributed by atoms with Crippen molar-refractivity contribution in [2.45, 2.75) is 0 Å². The van der Waals surface area contributed by atoms with Gasteiger partial charge in [0.25, 0.3) is 0 Å². The molecular formula is C13H20N4O2. The largest absolute Gasteiger partial charge is 0.497 e. The maximum atomic E-state index is 11.2. The Labute approximate surface area is 113 Å². The molecule has 2 rings (SSSR count). The van der Waals surface area contributed by atoms with Crippen molar-refractivity contribution in [3.05, 3.63) is 24.3 Å². The first-order valence-electron chi connectivity index (χ1n) is 6.33. The first kappa shape index (κ1) is 13.6. The molecule has 0 bridgehead atoms. The number of nitrogens with two attached hydrogens (primary N) is 1. The van der Waals surface area contributed by atoms with Crippen molar-refractivity contribution in [2.24, 2.45) is 5.84 Å². The summed E-state index contributed by atoms with van der Waals surface area (Å²) in [6.45, 7) is 3.90. The van der Waals surface area contributed by atoms with Crippen molar-refractivity contribution in [2.75, 3.05) is 44.7 Å². The van der Waals surface area contributed by atoms with Crippen LogP contribution in [0.5, 0.6) is 5.75 Å². The van der Waals surface area contributed by atoms with Crippen LogP contribution in [0.2, 0.25) is 0 Å². The highest BCUT2D eigenvalue weighted by Crippen LogP contribution is 2.20. The Morgan fingerprint density at radius 2 is 1.89 bits per heavy atom. The predicted molar refractivity (Wildman–Crippen MR) is 74.0 cm³/mol. The third-order valence-electron chi connectivity index (χ3n) is 3.34. The quantitative estimate of drug-likeness (QED) is 0.448. The molecule has 1 aliphatic rings. The van der Waals surface area contributed by atoms with Crippen LogP contribution >= 0.6 is 0 Å². The molecule has 1 aromatic carbocycles. The van der Waals surface area contributed by atoms with Gasteiger partial charge < -0.3 is 9.64 Å². The molecule has 6 heteroatoms. The fourth-order valence-corrected chi connectivity index (χ4v) is 2.21. The van der Waals surface area contributed by atoms with E-state index in [-0.39, 0.29) is 5.91 Å². The van der Waals surface area contributed by atoms with Crippen molar-refractivity contribution in [3.8, 4) is 5.75 Å². The first-order chi connectivity index (χ1) is 9.22. The second kappa shape index (κ2) is 6.40. The topological polar surface area (TPSA) is 70.8 Å². The summed E-state index contributed by atoms with van der Waals surface area (Å²) in [5.74, 6) is 5.81. The van der Waals surface area contributed by atoms with Gasteiger partial charge >= 0.3 is 0 Å². The molecule has 1 heterocycles. The number of carbonyl (C=O) groups is 1. The van der Waals surface area contributed by atoms with Crippen LogP contribution in [0.3, 0.4) is 0 Å². The van der Waals surface area contributed by atoms with Crippen molar-refractivity contribution < 1.29 is 9.53 Å². The molecule has 0 atom stereocenters. The highest BCUT2D eigenvalue weighted by atomic mass is 16.5. The molecule has 19 heavy (non-hydrogen) atoms. The monoisotopic (exact) mass is 264 g/mol. The second-order valence-electron chi connectivity index (χ2n) is 4.53. The molecule has 0 radical (unpaired) electrons. The third-order valence-corrected chi connectivity index (χ3v) is 3.34. The molecule has 1 amide bonds. The fourth-order valence-electron chi connectivity index (χ4n) is 2.21. The van der Waals surface area contributed by atoms with Crippen molar-refractivity contribution >= 4 is 11.6 Å². The van der Waals surface area contributed by atoms with Crippen molar-refractivity contribution in [1.82, 2.24) is 10.3 Å². The number of ether oxygens (including phenoxy) is 1. The lowest BCUT2D eigenvalue weighted by molar-refractivity contribution is -0.122. The number of methoxy groups -OCH3 is 1. The van der Waals surface area contributed by atoms with E-state index in [1.54, 1.807) is 7.11 Å². The van der Waals surface area contributed by atoms with E-state index < -0.39 is 0 Å². The standard InChI is InChI=1S/C13H20N4O2/c1-19-12-4-2-11(3-5-12)17-8-6-16(7-9-17)10-13(18)15-14/h2-5H,6-10,14H2,1H3,(H,15,18). The molecule has 0 aromatic heterocycles. The van der Waals surface area contributed by atoms with Gasteiger partial charge in [-0.1, -0.05) is 0 Å². The molecule has 104 valence electrons. The molecule has 1 aromatic rings. The van der Waals surface area contributed by atoms with Crippen LogP contribution < -0.4 is 20.9 Å². The van der Waals surface area contributed by atoms with Crippen LogP contribution in [0.1, 0.15) is 0 Å². The number of piperazine rings is 1. The Morgan fingerprint density at radius 3 is 2.42 bits per heavy atom. The highest BCUT2D eigenvalue weighted by Gasteiger charge is 2.18. The summed E-state index contributed by atoms with van der Waals surface area (Å²) >= 11 is 0. The van der Waals surface area contributed by atoms with Gasteiger partial charge in [-0.15, -0.1) is 0 Å². The number of nitrogens with one attached hydrogen (secondary N) is 1. The molecule has 0 spiro atoms. The van der Waals surface area contributed by atoms with E-state index in [1.165, 1.54) is 5.69 Å². The lowest BCUT2D eigenvalue weighted by Gasteiger charge is -2.35. The van der Waals surface area contributed by atoms with E-state index in [0.29, 0.717) is 6.54 Å². The summed E-state index contributed by atoms with van der Waals surface area (Å²) in [4.78, 5) is 15.6. The maximum Gasteiger partial charge on any atom is 0.248 e. The Hall–Kier alpha value is -1.79. The van der Waals surface area contributed by atoms with Gasteiger partial charge in [0.05, 0.1) is 13.7 Å². The van der Waals surface area contributed by atoms with E-state index >= 15 is 0 Å².